The maximum Gasteiger partial charge on any atom is 0.308 e. The minimum Gasteiger partial charge on any atom is -0.393 e. The van der Waals surface area contributed by atoms with E-state index in [1.54, 1.807) is 0 Å². The molecule has 5 heteroatoms. The molecule has 0 aliphatic carbocycles. The van der Waals surface area contributed by atoms with Gasteiger partial charge in [0.15, 0.2) is 6.10 Å². The monoisotopic (exact) mass is 150 g/mol. The Labute approximate surface area is 57.8 Å². The lowest BCUT2D eigenvalue weighted by molar-refractivity contribution is -0.410. The van der Waals surface area contributed by atoms with Gasteiger partial charge in [0.1, 0.15) is 0 Å². The lowest BCUT2D eigenvalue weighted by Gasteiger charge is -2.33. The molecule has 60 valence electrons. The van der Waals surface area contributed by atoms with E-state index in [9.17, 15) is 0 Å². The zero-order valence-corrected chi connectivity index (χ0v) is 5.36. The van der Waals surface area contributed by atoms with Gasteiger partial charge in [-0.05, 0) is 0 Å². The second-order valence-corrected chi connectivity index (χ2v) is 2.05. The zero-order chi connectivity index (χ0) is 7.61. The van der Waals surface area contributed by atoms with Crippen molar-refractivity contribution in [1.82, 2.24) is 0 Å². The van der Waals surface area contributed by atoms with Gasteiger partial charge in [-0.3, -0.25) is 0 Å². The fourth-order valence-electron chi connectivity index (χ4n) is 0.755. The molecule has 0 bridgehead atoms. The van der Waals surface area contributed by atoms with Crippen molar-refractivity contribution in [2.45, 2.75) is 12.1 Å². The summed E-state index contributed by atoms with van der Waals surface area (Å²) < 4.78 is 9.26. The van der Waals surface area contributed by atoms with Crippen molar-refractivity contribution >= 4 is 0 Å². The van der Waals surface area contributed by atoms with Crippen molar-refractivity contribution in [3.05, 3.63) is 0 Å². The summed E-state index contributed by atoms with van der Waals surface area (Å²) in [7, 11) is 0. The Morgan fingerprint density at radius 1 is 1.40 bits per heavy atom. The highest BCUT2D eigenvalue weighted by atomic mass is 16.8. The van der Waals surface area contributed by atoms with Crippen LogP contribution in [0.2, 0.25) is 0 Å². The lowest BCUT2D eigenvalue weighted by atomic mass is 10.3. The molecule has 1 fully saturated rings. The summed E-state index contributed by atoms with van der Waals surface area (Å²) in [6.07, 6.45) is -1.05. The molecule has 1 aliphatic heterocycles. The molecule has 1 atom stereocenters. The van der Waals surface area contributed by atoms with E-state index in [1.807, 2.05) is 0 Å². The Hall–Kier alpha value is -0.200. The molecule has 0 aromatic rings. The van der Waals surface area contributed by atoms with Gasteiger partial charge < -0.3 is 24.8 Å². The van der Waals surface area contributed by atoms with Crippen LogP contribution in [0.4, 0.5) is 0 Å². The SMILES string of the molecule is OCC1OCCOC1(O)O. The van der Waals surface area contributed by atoms with E-state index >= 15 is 0 Å². The highest BCUT2D eigenvalue weighted by Crippen LogP contribution is 2.15. The van der Waals surface area contributed by atoms with Crippen LogP contribution in [0.5, 0.6) is 0 Å². The summed E-state index contributed by atoms with van der Waals surface area (Å²) in [5.41, 5.74) is 0. The average Bonchev–Trinajstić information content (AvgIpc) is 1.87. The van der Waals surface area contributed by atoms with Gasteiger partial charge in [-0.15, -0.1) is 0 Å². The summed E-state index contributed by atoms with van der Waals surface area (Å²) in [6, 6.07) is 0. The van der Waals surface area contributed by atoms with Crippen molar-refractivity contribution in [1.29, 1.82) is 0 Å². The van der Waals surface area contributed by atoms with Crippen molar-refractivity contribution in [3.63, 3.8) is 0 Å². The maximum atomic E-state index is 8.88. The van der Waals surface area contributed by atoms with Gasteiger partial charge in [-0.25, -0.2) is 0 Å². The molecule has 5 nitrogen and oxygen atoms in total. The quantitative estimate of drug-likeness (QED) is 0.378. The standard InChI is InChI=1S/C5H10O5/c6-3-4-5(7,8)10-2-1-9-4/h4,6-8H,1-3H2. The third kappa shape index (κ3) is 1.44. The molecule has 1 aliphatic rings. The van der Waals surface area contributed by atoms with E-state index in [4.69, 9.17) is 20.1 Å². The largest absolute Gasteiger partial charge is 0.393 e. The second-order valence-electron chi connectivity index (χ2n) is 2.05. The van der Waals surface area contributed by atoms with Gasteiger partial charge in [-0.2, -0.15) is 0 Å². The van der Waals surface area contributed by atoms with Gasteiger partial charge in [0, 0.05) is 0 Å². The molecule has 0 saturated carbocycles. The van der Waals surface area contributed by atoms with E-state index in [-0.39, 0.29) is 13.2 Å². The van der Waals surface area contributed by atoms with Gasteiger partial charge in [0.2, 0.25) is 0 Å². The molecule has 0 aromatic heterocycles. The predicted octanol–water partition coefficient (Wildman–Crippen LogP) is -1.97. The molecule has 1 rings (SSSR count). The molecule has 0 amide bonds. The van der Waals surface area contributed by atoms with Crippen LogP contribution in [0, 0.1) is 0 Å². The van der Waals surface area contributed by atoms with E-state index in [0.717, 1.165) is 0 Å². The first kappa shape index (κ1) is 7.90. The summed E-state index contributed by atoms with van der Waals surface area (Å²) >= 11 is 0. The van der Waals surface area contributed by atoms with E-state index in [2.05, 4.69) is 4.74 Å². The molecular weight excluding hydrogens is 140 g/mol. The van der Waals surface area contributed by atoms with Crippen molar-refractivity contribution in [3.8, 4) is 0 Å². The molecule has 10 heavy (non-hydrogen) atoms. The average molecular weight is 150 g/mol. The van der Waals surface area contributed by atoms with Crippen LogP contribution in [0.1, 0.15) is 0 Å². The lowest BCUT2D eigenvalue weighted by Crippen LogP contribution is -2.52. The number of rotatable bonds is 1. The highest BCUT2D eigenvalue weighted by molar-refractivity contribution is 4.69. The van der Waals surface area contributed by atoms with Gasteiger partial charge >= 0.3 is 5.97 Å². The summed E-state index contributed by atoms with van der Waals surface area (Å²) in [4.78, 5) is 0. The zero-order valence-electron chi connectivity index (χ0n) is 5.36. The number of aliphatic hydroxyl groups excluding tert-OH is 1. The van der Waals surface area contributed by atoms with Crippen molar-refractivity contribution in [2.24, 2.45) is 0 Å². The maximum absolute atomic E-state index is 8.88. The Balaban J connectivity index is 2.51. The highest BCUT2D eigenvalue weighted by Gasteiger charge is 2.39. The summed E-state index contributed by atoms with van der Waals surface area (Å²) in [5, 5.41) is 26.3. The Bertz CT molecular complexity index is 113. The van der Waals surface area contributed by atoms with Crippen LogP contribution in [0.3, 0.4) is 0 Å². The third-order valence-electron chi connectivity index (χ3n) is 1.30. The van der Waals surface area contributed by atoms with Crippen LogP contribution >= 0.6 is 0 Å². The van der Waals surface area contributed by atoms with E-state index in [1.165, 1.54) is 0 Å². The molecule has 0 aromatic carbocycles. The number of aliphatic hydroxyl groups is 3. The normalized spacial score (nSPS) is 32.1. The molecule has 0 radical (unpaired) electrons. The minimum absolute atomic E-state index is 0.128. The summed E-state index contributed by atoms with van der Waals surface area (Å²) in [5.74, 6) is -2.33. The Kier molecular flexibility index (Phi) is 2.22. The smallest absolute Gasteiger partial charge is 0.308 e. The Morgan fingerprint density at radius 3 is 2.50 bits per heavy atom. The van der Waals surface area contributed by atoms with E-state index < -0.39 is 18.7 Å². The molecule has 3 N–H and O–H groups in total. The molecular formula is C5H10O5. The Morgan fingerprint density at radius 2 is 2.10 bits per heavy atom. The van der Waals surface area contributed by atoms with Crippen LogP contribution in [-0.2, 0) is 9.47 Å². The fourth-order valence-corrected chi connectivity index (χ4v) is 0.755. The number of hydrogen-bond donors (Lipinski definition) is 3. The third-order valence-corrected chi connectivity index (χ3v) is 1.30. The topological polar surface area (TPSA) is 79.2 Å². The van der Waals surface area contributed by atoms with Crippen LogP contribution in [-0.4, -0.2) is 47.2 Å². The predicted molar refractivity (Wildman–Crippen MR) is 29.9 cm³/mol. The minimum atomic E-state index is -2.33. The first-order valence-corrected chi connectivity index (χ1v) is 2.98. The summed E-state index contributed by atoms with van der Waals surface area (Å²) in [6.45, 7) is -0.0649. The van der Waals surface area contributed by atoms with Gasteiger partial charge in [0.25, 0.3) is 0 Å². The first-order valence-electron chi connectivity index (χ1n) is 2.98. The fraction of sp³-hybridized carbons (Fsp3) is 1.00. The molecule has 0 spiro atoms. The number of ether oxygens (including phenoxy) is 2. The second kappa shape index (κ2) is 2.81. The molecule has 1 heterocycles. The van der Waals surface area contributed by atoms with Crippen LogP contribution in [0.15, 0.2) is 0 Å². The number of hydrogen-bond acceptors (Lipinski definition) is 5. The molecule has 1 saturated heterocycles. The van der Waals surface area contributed by atoms with Gasteiger partial charge in [0.05, 0.1) is 19.8 Å². The van der Waals surface area contributed by atoms with Gasteiger partial charge in [-0.1, -0.05) is 0 Å². The van der Waals surface area contributed by atoms with Crippen LogP contribution < -0.4 is 0 Å². The first-order chi connectivity index (χ1) is 4.67. The van der Waals surface area contributed by atoms with Crippen LogP contribution in [0.25, 0.3) is 0 Å². The van der Waals surface area contributed by atoms with Crippen molar-refractivity contribution < 1.29 is 24.8 Å². The molecule has 1 unspecified atom stereocenters. The van der Waals surface area contributed by atoms with Crippen molar-refractivity contribution in [2.75, 3.05) is 19.8 Å². The van der Waals surface area contributed by atoms with E-state index in [0.29, 0.717) is 0 Å².